The molecule has 128 valence electrons. The third kappa shape index (κ3) is 2.72. The molecule has 3 heterocycles. The minimum atomic E-state index is -3.84. The summed E-state index contributed by atoms with van der Waals surface area (Å²) in [5.41, 5.74) is 0. The number of hydrogen-bond donors (Lipinski definition) is 1. The van der Waals surface area contributed by atoms with E-state index in [9.17, 15) is 8.42 Å². The summed E-state index contributed by atoms with van der Waals surface area (Å²) in [6, 6.07) is 2.43. The Morgan fingerprint density at radius 1 is 1.25 bits per heavy atom. The normalized spacial score (nSPS) is 19.8. The number of ether oxygens (including phenoxy) is 2. The van der Waals surface area contributed by atoms with Gasteiger partial charge in [0.15, 0.2) is 11.5 Å². The number of sulfonamides is 1. The summed E-state index contributed by atoms with van der Waals surface area (Å²) < 4.78 is 40.8. The molecule has 2 aromatic rings. The van der Waals surface area contributed by atoms with E-state index < -0.39 is 16.1 Å². The second-order valence-electron chi connectivity index (χ2n) is 5.58. The van der Waals surface area contributed by atoms with Gasteiger partial charge in [0, 0.05) is 18.7 Å². The van der Waals surface area contributed by atoms with Gasteiger partial charge in [-0.05, 0) is 12.8 Å². The van der Waals surface area contributed by atoms with Crippen molar-refractivity contribution in [3.8, 4) is 11.5 Å². The molecule has 0 amide bonds. The van der Waals surface area contributed by atoms with E-state index in [1.807, 2.05) is 0 Å². The molecule has 0 aliphatic carbocycles. The van der Waals surface area contributed by atoms with E-state index in [4.69, 9.17) is 21.1 Å². The highest BCUT2D eigenvalue weighted by molar-refractivity contribution is 7.89. The highest BCUT2D eigenvalue weighted by Gasteiger charge is 2.30. The number of aryl methyl sites for hydroxylation is 1. The molecule has 0 spiro atoms. The second kappa shape index (κ2) is 5.91. The van der Waals surface area contributed by atoms with Gasteiger partial charge in [-0.15, -0.1) is 0 Å². The number of nitrogens with zero attached hydrogens (tertiary/aromatic N) is 3. The maximum absolute atomic E-state index is 12.8. The van der Waals surface area contributed by atoms with Crippen LogP contribution in [0.3, 0.4) is 0 Å². The van der Waals surface area contributed by atoms with Crippen LogP contribution < -0.4 is 14.2 Å². The van der Waals surface area contributed by atoms with Gasteiger partial charge in [-0.1, -0.05) is 11.6 Å². The number of aromatic nitrogens is 3. The standard InChI is InChI=1S/C14H15ClN4O4S/c15-9-6-11-12(23-5-4-22-11)7-13(9)24(20,21)18-10-2-1-3-19-14(10)16-8-17-19/h6-8,10,18H,1-5H2/t10-/m1/s1. The molecular weight excluding hydrogens is 356 g/mol. The lowest BCUT2D eigenvalue weighted by molar-refractivity contribution is 0.171. The molecule has 10 heteroatoms. The Morgan fingerprint density at radius 2 is 2.00 bits per heavy atom. The molecule has 0 saturated carbocycles. The number of hydrogen-bond acceptors (Lipinski definition) is 6. The fourth-order valence-corrected chi connectivity index (χ4v) is 4.66. The van der Waals surface area contributed by atoms with Crippen molar-refractivity contribution in [3.05, 3.63) is 29.3 Å². The lowest BCUT2D eigenvalue weighted by Gasteiger charge is -2.24. The first kappa shape index (κ1) is 15.7. The smallest absolute Gasteiger partial charge is 0.242 e. The van der Waals surface area contributed by atoms with Gasteiger partial charge in [0.1, 0.15) is 30.3 Å². The van der Waals surface area contributed by atoms with E-state index in [2.05, 4.69) is 14.8 Å². The number of benzene rings is 1. The largest absolute Gasteiger partial charge is 0.486 e. The van der Waals surface area contributed by atoms with Gasteiger partial charge in [0.05, 0.1) is 11.1 Å². The maximum Gasteiger partial charge on any atom is 0.242 e. The fraction of sp³-hybridized carbons (Fsp3) is 0.429. The molecule has 0 radical (unpaired) electrons. The topological polar surface area (TPSA) is 95.3 Å². The monoisotopic (exact) mass is 370 g/mol. The zero-order chi connectivity index (χ0) is 16.7. The van der Waals surface area contributed by atoms with Crippen molar-refractivity contribution in [2.24, 2.45) is 0 Å². The molecule has 1 aromatic heterocycles. The van der Waals surface area contributed by atoms with Crippen molar-refractivity contribution in [2.45, 2.75) is 30.3 Å². The lowest BCUT2D eigenvalue weighted by atomic mass is 10.1. The summed E-state index contributed by atoms with van der Waals surface area (Å²) in [7, 11) is -3.84. The van der Waals surface area contributed by atoms with Crippen molar-refractivity contribution in [1.82, 2.24) is 19.5 Å². The average Bonchev–Trinajstić information content (AvgIpc) is 3.03. The van der Waals surface area contributed by atoms with E-state index in [1.165, 1.54) is 18.5 Å². The molecule has 0 bridgehead atoms. The Labute approximate surface area is 143 Å². The predicted octanol–water partition coefficient (Wildman–Crippen LogP) is 1.52. The number of nitrogens with one attached hydrogen (secondary N) is 1. The minimum absolute atomic E-state index is 0.0370. The van der Waals surface area contributed by atoms with Gasteiger partial charge < -0.3 is 9.47 Å². The molecule has 1 atom stereocenters. The van der Waals surface area contributed by atoms with Crippen molar-refractivity contribution >= 4 is 21.6 Å². The fourth-order valence-electron chi connectivity index (χ4n) is 2.90. The van der Waals surface area contributed by atoms with E-state index in [-0.39, 0.29) is 9.92 Å². The summed E-state index contributed by atoms with van der Waals surface area (Å²) in [6.45, 7) is 1.51. The lowest BCUT2D eigenvalue weighted by Crippen LogP contribution is -2.33. The molecule has 0 saturated heterocycles. The first-order valence-electron chi connectivity index (χ1n) is 7.54. The van der Waals surface area contributed by atoms with Crippen LogP contribution in [0.5, 0.6) is 11.5 Å². The van der Waals surface area contributed by atoms with Crippen LogP contribution in [0.15, 0.2) is 23.4 Å². The van der Waals surface area contributed by atoms with Crippen LogP contribution in [0.1, 0.15) is 24.7 Å². The summed E-state index contributed by atoms with van der Waals surface area (Å²) in [4.78, 5) is 4.12. The van der Waals surface area contributed by atoms with Gasteiger partial charge in [0.2, 0.25) is 10.0 Å². The van der Waals surface area contributed by atoms with Gasteiger partial charge in [-0.2, -0.15) is 5.10 Å². The van der Waals surface area contributed by atoms with Crippen molar-refractivity contribution in [3.63, 3.8) is 0 Å². The van der Waals surface area contributed by atoms with Crippen molar-refractivity contribution in [2.75, 3.05) is 13.2 Å². The van der Waals surface area contributed by atoms with E-state index >= 15 is 0 Å². The van der Waals surface area contributed by atoms with Gasteiger partial charge in [0.25, 0.3) is 0 Å². The Kier molecular flexibility index (Phi) is 3.86. The molecule has 0 unspecified atom stereocenters. The van der Waals surface area contributed by atoms with Crippen molar-refractivity contribution < 1.29 is 17.9 Å². The zero-order valence-corrected chi connectivity index (χ0v) is 14.2. The second-order valence-corrected chi connectivity index (χ2v) is 7.67. The Hall–Kier alpha value is -1.84. The summed E-state index contributed by atoms with van der Waals surface area (Å²) in [5.74, 6) is 1.43. The van der Waals surface area contributed by atoms with Crippen LogP contribution in [0.2, 0.25) is 5.02 Å². The van der Waals surface area contributed by atoms with Gasteiger partial charge in [-0.3, -0.25) is 0 Å². The Bertz CT molecular complexity index is 883. The number of halogens is 1. The number of fused-ring (bicyclic) bond motifs is 2. The molecule has 4 rings (SSSR count). The summed E-state index contributed by atoms with van der Waals surface area (Å²) >= 11 is 6.15. The van der Waals surface area contributed by atoms with Crippen LogP contribution in [-0.4, -0.2) is 36.4 Å². The van der Waals surface area contributed by atoms with Crippen LogP contribution in [0.4, 0.5) is 0 Å². The number of rotatable bonds is 3. The quantitative estimate of drug-likeness (QED) is 0.880. The SMILES string of the molecule is O=S(=O)(N[C@@H]1CCCn2ncnc21)c1cc2c(cc1Cl)OCCO2. The average molecular weight is 371 g/mol. The molecule has 1 N–H and O–H groups in total. The first-order valence-corrected chi connectivity index (χ1v) is 9.40. The molecule has 1 aromatic carbocycles. The summed E-state index contributed by atoms with van der Waals surface area (Å²) in [6.07, 6.45) is 2.90. The highest BCUT2D eigenvalue weighted by atomic mass is 35.5. The van der Waals surface area contributed by atoms with Gasteiger partial charge >= 0.3 is 0 Å². The maximum atomic E-state index is 12.8. The van der Waals surface area contributed by atoms with Crippen molar-refractivity contribution in [1.29, 1.82) is 0 Å². The first-order chi connectivity index (χ1) is 11.5. The minimum Gasteiger partial charge on any atom is -0.486 e. The molecular formula is C14H15ClN4O4S. The summed E-state index contributed by atoms with van der Waals surface area (Å²) in [5, 5.41) is 4.18. The van der Waals surface area contributed by atoms with Crippen LogP contribution in [0.25, 0.3) is 0 Å². The van der Waals surface area contributed by atoms with E-state index in [1.54, 1.807) is 4.68 Å². The third-order valence-electron chi connectivity index (χ3n) is 4.00. The van der Waals surface area contributed by atoms with E-state index in [0.29, 0.717) is 37.0 Å². The molecule has 0 fully saturated rings. The predicted molar refractivity (Wildman–Crippen MR) is 84.8 cm³/mol. The zero-order valence-electron chi connectivity index (χ0n) is 12.6. The molecule has 2 aliphatic heterocycles. The molecule has 2 aliphatic rings. The Morgan fingerprint density at radius 3 is 2.79 bits per heavy atom. The Balaban J connectivity index is 1.67. The highest BCUT2D eigenvalue weighted by Crippen LogP contribution is 2.37. The molecule has 8 nitrogen and oxygen atoms in total. The molecule has 24 heavy (non-hydrogen) atoms. The van der Waals surface area contributed by atoms with Crippen LogP contribution >= 0.6 is 11.6 Å². The van der Waals surface area contributed by atoms with Crippen LogP contribution in [-0.2, 0) is 16.6 Å². The van der Waals surface area contributed by atoms with Crippen LogP contribution in [0, 0.1) is 0 Å². The van der Waals surface area contributed by atoms with Gasteiger partial charge in [-0.25, -0.2) is 22.8 Å². The van der Waals surface area contributed by atoms with E-state index in [0.717, 1.165) is 13.0 Å². The third-order valence-corrected chi connectivity index (χ3v) is 5.94.